The van der Waals surface area contributed by atoms with Crippen molar-refractivity contribution in [3.8, 4) is 0 Å². The van der Waals surface area contributed by atoms with Crippen molar-refractivity contribution >= 4 is 12.3 Å². The molecular weight excluding hydrogens is 216 g/mol. The Labute approximate surface area is 104 Å². The van der Waals surface area contributed by atoms with Gasteiger partial charge in [0.15, 0.2) is 0 Å². The fraction of sp³-hybridized carbons (Fsp3) is 0.846. The standard InChI is InChI=1S/C13H24N2O2/c1-3-10(2)12(14-9-16)13(17)15-11-7-5-4-6-8-11/h9-12H,3-8H2,1-2H3,(H,14,16)(H,15,17). The van der Waals surface area contributed by atoms with Gasteiger partial charge in [0.1, 0.15) is 6.04 Å². The van der Waals surface area contributed by atoms with Crippen molar-refractivity contribution in [1.29, 1.82) is 0 Å². The number of carbonyl (C=O) groups is 2. The van der Waals surface area contributed by atoms with Crippen molar-refractivity contribution in [3.05, 3.63) is 0 Å². The monoisotopic (exact) mass is 240 g/mol. The Balaban J connectivity index is 2.48. The van der Waals surface area contributed by atoms with Crippen LogP contribution in [0, 0.1) is 5.92 Å². The van der Waals surface area contributed by atoms with Gasteiger partial charge in [0.2, 0.25) is 12.3 Å². The SMILES string of the molecule is CCC(C)C(NC=O)C(=O)NC1CCCCC1. The van der Waals surface area contributed by atoms with Crippen LogP contribution < -0.4 is 10.6 Å². The Kier molecular flexibility index (Phi) is 6.01. The van der Waals surface area contributed by atoms with Crippen LogP contribution >= 0.6 is 0 Å². The zero-order chi connectivity index (χ0) is 12.7. The van der Waals surface area contributed by atoms with E-state index in [-0.39, 0.29) is 17.9 Å². The molecule has 2 unspecified atom stereocenters. The molecule has 1 rings (SSSR count). The molecule has 4 heteroatoms. The number of hydrogen-bond donors (Lipinski definition) is 2. The zero-order valence-corrected chi connectivity index (χ0v) is 10.9. The van der Waals surface area contributed by atoms with E-state index >= 15 is 0 Å². The summed E-state index contributed by atoms with van der Waals surface area (Å²) in [5.74, 6) is 0.141. The maximum atomic E-state index is 12.1. The van der Waals surface area contributed by atoms with Crippen molar-refractivity contribution in [2.75, 3.05) is 0 Å². The second kappa shape index (κ2) is 7.30. The topological polar surface area (TPSA) is 58.2 Å². The molecule has 2 N–H and O–H groups in total. The molecule has 0 saturated heterocycles. The van der Waals surface area contributed by atoms with E-state index in [1.807, 2.05) is 13.8 Å². The second-order valence-electron chi connectivity index (χ2n) is 4.99. The van der Waals surface area contributed by atoms with Crippen LogP contribution in [0.4, 0.5) is 0 Å². The van der Waals surface area contributed by atoms with E-state index in [0.29, 0.717) is 12.5 Å². The van der Waals surface area contributed by atoms with Crippen LogP contribution in [-0.4, -0.2) is 24.4 Å². The molecule has 98 valence electrons. The summed E-state index contributed by atoms with van der Waals surface area (Å²) in [5, 5.41) is 5.69. The van der Waals surface area contributed by atoms with Gasteiger partial charge in [0.05, 0.1) is 0 Å². The molecule has 0 spiro atoms. The molecule has 1 aliphatic carbocycles. The molecule has 0 aromatic heterocycles. The molecule has 4 nitrogen and oxygen atoms in total. The number of carbonyl (C=O) groups excluding carboxylic acids is 2. The first-order valence-corrected chi connectivity index (χ1v) is 6.69. The molecule has 0 aliphatic heterocycles. The molecule has 1 aliphatic rings. The van der Waals surface area contributed by atoms with Crippen molar-refractivity contribution in [3.63, 3.8) is 0 Å². The second-order valence-corrected chi connectivity index (χ2v) is 4.99. The third-order valence-electron chi connectivity index (χ3n) is 3.69. The van der Waals surface area contributed by atoms with Gasteiger partial charge in [-0.1, -0.05) is 39.5 Å². The van der Waals surface area contributed by atoms with Gasteiger partial charge in [0, 0.05) is 6.04 Å². The average molecular weight is 240 g/mol. The molecule has 17 heavy (non-hydrogen) atoms. The van der Waals surface area contributed by atoms with Crippen molar-refractivity contribution in [1.82, 2.24) is 10.6 Å². The summed E-state index contributed by atoms with van der Waals surface area (Å²) in [7, 11) is 0. The van der Waals surface area contributed by atoms with Crippen LogP contribution in [0.15, 0.2) is 0 Å². The molecule has 0 bridgehead atoms. The van der Waals surface area contributed by atoms with Gasteiger partial charge < -0.3 is 10.6 Å². The van der Waals surface area contributed by atoms with Crippen LogP contribution in [0.5, 0.6) is 0 Å². The normalized spacial score (nSPS) is 20.4. The molecule has 1 fully saturated rings. The third-order valence-corrected chi connectivity index (χ3v) is 3.69. The Morgan fingerprint density at radius 2 is 2.00 bits per heavy atom. The molecule has 2 atom stereocenters. The highest BCUT2D eigenvalue weighted by molar-refractivity contribution is 5.84. The largest absolute Gasteiger partial charge is 0.352 e. The van der Waals surface area contributed by atoms with E-state index in [2.05, 4.69) is 10.6 Å². The van der Waals surface area contributed by atoms with E-state index in [1.54, 1.807) is 0 Å². The number of rotatable bonds is 6. The van der Waals surface area contributed by atoms with E-state index in [4.69, 9.17) is 0 Å². The van der Waals surface area contributed by atoms with Crippen molar-refractivity contribution in [2.24, 2.45) is 5.92 Å². The van der Waals surface area contributed by atoms with Gasteiger partial charge in [-0.2, -0.15) is 0 Å². The highest BCUT2D eigenvalue weighted by Gasteiger charge is 2.25. The average Bonchev–Trinajstić information content (AvgIpc) is 2.36. The fourth-order valence-corrected chi connectivity index (χ4v) is 2.35. The first-order valence-electron chi connectivity index (χ1n) is 6.69. The summed E-state index contributed by atoms with van der Waals surface area (Å²) in [4.78, 5) is 22.6. The number of amides is 2. The summed E-state index contributed by atoms with van der Waals surface area (Å²) < 4.78 is 0. The van der Waals surface area contributed by atoms with Gasteiger partial charge in [-0.3, -0.25) is 9.59 Å². The molecule has 1 saturated carbocycles. The summed E-state index contributed by atoms with van der Waals surface area (Å²) in [6, 6.07) is -0.0873. The molecule has 0 aromatic rings. The van der Waals surface area contributed by atoms with Crippen LogP contribution in [0.2, 0.25) is 0 Å². The number of hydrogen-bond acceptors (Lipinski definition) is 2. The maximum Gasteiger partial charge on any atom is 0.243 e. The van der Waals surface area contributed by atoms with E-state index in [9.17, 15) is 9.59 Å². The third kappa shape index (κ3) is 4.36. The van der Waals surface area contributed by atoms with E-state index in [0.717, 1.165) is 19.3 Å². The lowest BCUT2D eigenvalue weighted by Gasteiger charge is -2.27. The summed E-state index contributed by atoms with van der Waals surface area (Å²) >= 11 is 0. The lowest BCUT2D eigenvalue weighted by Crippen LogP contribution is -2.50. The predicted octanol–water partition coefficient (Wildman–Crippen LogP) is 1.60. The number of nitrogens with one attached hydrogen (secondary N) is 2. The van der Waals surface area contributed by atoms with Crippen LogP contribution in [0.1, 0.15) is 52.4 Å². The van der Waals surface area contributed by atoms with Gasteiger partial charge >= 0.3 is 0 Å². The smallest absolute Gasteiger partial charge is 0.243 e. The van der Waals surface area contributed by atoms with E-state index in [1.165, 1.54) is 19.3 Å². The van der Waals surface area contributed by atoms with Crippen LogP contribution in [0.25, 0.3) is 0 Å². The van der Waals surface area contributed by atoms with Crippen LogP contribution in [-0.2, 0) is 9.59 Å². The minimum Gasteiger partial charge on any atom is -0.352 e. The van der Waals surface area contributed by atoms with E-state index < -0.39 is 0 Å². The summed E-state index contributed by atoms with van der Waals surface area (Å²) in [6.07, 6.45) is 7.30. The lowest BCUT2D eigenvalue weighted by molar-refractivity contribution is -0.127. The molecular formula is C13H24N2O2. The van der Waals surface area contributed by atoms with Gasteiger partial charge in [-0.05, 0) is 18.8 Å². The minimum atomic E-state index is -0.389. The molecule has 2 amide bonds. The first-order chi connectivity index (χ1) is 8.19. The molecule has 0 radical (unpaired) electrons. The first kappa shape index (κ1) is 14.0. The highest BCUT2D eigenvalue weighted by Crippen LogP contribution is 2.18. The van der Waals surface area contributed by atoms with Gasteiger partial charge in [-0.15, -0.1) is 0 Å². The van der Waals surface area contributed by atoms with Crippen LogP contribution in [0.3, 0.4) is 0 Å². The molecule has 0 heterocycles. The predicted molar refractivity (Wildman–Crippen MR) is 67.5 cm³/mol. The Morgan fingerprint density at radius 1 is 1.35 bits per heavy atom. The Bertz CT molecular complexity index is 250. The maximum absolute atomic E-state index is 12.1. The Hall–Kier alpha value is -1.06. The molecule has 0 aromatic carbocycles. The zero-order valence-electron chi connectivity index (χ0n) is 10.9. The Morgan fingerprint density at radius 3 is 2.53 bits per heavy atom. The van der Waals surface area contributed by atoms with Crippen molar-refractivity contribution in [2.45, 2.75) is 64.5 Å². The minimum absolute atomic E-state index is 0.0293. The lowest BCUT2D eigenvalue weighted by atomic mass is 9.94. The van der Waals surface area contributed by atoms with Gasteiger partial charge in [-0.25, -0.2) is 0 Å². The van der Waals surface area contributed by atoms with Crippen molar-refractivity contribution < 1.29 is 9.59 Å². The highest BCUT2D eigenvalue weighted by atomic mass is 16.2. The summed E-state index contributed by atoms with van der Waals surface area (Å²) in [6.45, 7) is 4.01. The summed E-state index contributed by atoms with van der Waals surface area (Å²) in [5.41, 5.74) is 0. The quantitative estimate of drug-likeness (QED) is 0.693. The van der Waals surface area contributed by atoms with Gasteiger partial charge in [0.25, 0.3) is 0 Å². The fourth-order valence-electron chi connectivity index (χ4n) is 2.35.